The number of amides is 1. The van der Waals surface area contributed by atoms with Crippen LogP contribution >= 0.6 is 23.2 Å². The Bertz CT molecular complexity index is 636. The summed E-state index contributed by atoms with van der Waals surface area (Å²) < 4.78 is 0. The first-order valence-electron chi connectivity index (χ1n) is 6.84. The fourth-order valence-electron chi connectivity index (χ4n) is 2.61. The van der Waals surface area contributed by atoms with Crippen LogP contribution in [0.2, 0.25) is 10.0 Å². The molecule has 1 aromatic heterocycles. The molecule has 0 unspecified atom stereocenters. The molecule has 1 saturated carbocycles. The zero-order valence-electron chi connectivity index (χ0n) is 11.3. The summed E-state index contributed by atoms with van der Waals surface area (Å²) in [6.07, 6.45) is 3.86. The van der Waals surface area contributed by atoms with Crippen molar-refractivity contribution < 1.29 is 4.79 Å². The molecule has 1 heterocycles. The molecule has 1 aliphatic carbocycles. The van der Waals surface area contributed by atoms with Crippen molar-refractivity contribution in [1.29, 1.82) is 0 Å². The van der Waals surface area contributed by atoms with Crippen LogP contribution in [0.4, 0.5) is 0 Å². The Morgan fingerprint density at radius 3 is 2.76 bits per heavy atom. The lowest BCUT2D eigenvalue weighted by Crippen LogP contribution is -2.44. The second-order valence-corrected chi connectivity index (χ2v) is 6.18. The molecule has 2 aromatic rings. The van der Waals surface area contributed by atoms with Crippen molar-refractivity contribution in [3.05, 3.63) is 51.8 Å². The largest absolute Gasteiger partial charge is 0.353 e. The van der Waals surface area contributed by atoms with Crippen molar-refractivity contribution in [3.8, 4) is 0 Å². The first-order valence-corrected chi connectivity index (χ1v) is 7.60. The molecule has 0 saturated heterocycles. The zero-order chi connectivity index (χ0) is 14.8. The van der Waals surface area contributed by atoms with Crippen LogP contribution in [0.1, 0.15) is 30.0 Å². The van der Waals surface area contributed by atoms with Crippen LogP contribution in [0.25, 0.3) is 0 Å². The highest BCUT2D eigenvalue weighted by atomic mass is 35.5. The van der Waals surface area contributed by atoms with Gasteiger partial charge < -0.3 is 5.32 Å². The van der Waals surface area contributed by atoms with Gasteiger partial charge in [0.25, 0.3) is 0 Å². The van der Waals surface area contributed by atoms with Crippen molar-refractivity contribution in [2.45, 2.75) is 31.2 Å². The smallest absolute Gasteiger partial charge is 0.226 e. The molecule has 21 heavy (non-hydrogen) atoms. The number of halogens is 2. The van der Waals surface area contributed by atoms with E-state index in [9.17, 15) is 4.79 Å². The minimum absolute atomic E-state index is 0.0249. The fourth-order valence-corrected chi connectivity index (χ4v) is 2.92. The highest BCUT2D eigenvalue weighted by Crippen LogP contribution is 2.38. The van der Waals surface area contributed by atoms with E-state index < -0.39 is 0 Å². The molecule has 1 amide bonds. The number of rotatable bonds is 4. The molecule has 1 fully saturated rings. The summed E-state index contributed by atoms with van der Waals surface area (Å²) >= 11 is 11.9. The summed E-state index contributed by atoms with van der Waals surface area (Å²) in [5.41, 5.74) is 2.01. The maximum Gasteiger partial charge on any atom is 0.226 e. The van der Waals surface area contributed by atoms with Crippen molar-refractivity contribution in [3.63, 3.8) is 0 Å². The van der Waals surface area contributed by atoms with Crippen LogP contribution in [0.5, 0.6) is 0 Å². The third-order valence-corrected chi connectivity index (χ3v) is 4.57. The Kier molecular flexibility index (Phi) is 4.17. The van der Waals surface area contributed by atoms with Gasteiger partial charge in [0.15, 0.2) is 0 Å². The molecule has 4 nitrogen and oxygen atoms in total. The summed E-state index contributed by atoms with van der Waals surface area (Å²) in [5.74, 6) is 0.467. The van der Waals surface area contributed by atoms with Crippen molar-refractivity contribution in [1.82, 2.24) is 15.5 Å². The van der Waals surface area contributed by atoms with Crippen molar-refractivity contribution in [2.24, 2.45) is 0 Å². The fraction of sp³-hybridized carbons (Fsp3) is 0.333. The third kappa shape index (κ3) is 3.39. The topological polar surface area (TPSA) is 57.8 Å². The van der Waals surface area contributed by atoms with E-state index >= 15 is 0 Å². The van der Waals surface area contributed by atoms with Gasteiger partial charge in [-0.2, -0.15) is 5.10 Å². The first-order chi connectivity index (χ1) is 10.1. The predicted molar refractivity (Wildman–Crippen MR) is 82.7 cm³/mol. The lowest BCUT2D eigenvalue weighted by Gasteiger charge is -2.36. The Hall–Kier alpha value is -1.52. The number of carbonyl (C=O) groups excluding carboxylic acids is 1. The molecule has 0 aliphatic heterocycles. The Morgan fingerprint density at radius 2 is 2.10 bits per heavy atom. The predicted octanol–water partition coefficient (Wildman–Crippen LogP) is 3.32. The molecule has 1 aliphatic rings. The van der Waals surface area contributed by atoms with Crippen LogP contribution in [-0.2, 0) is 11.2 Å². The highest BCUT2D eigenvalue weighted by molar-refractivity contribution is 6.42. The van der Waals surface area contributed by atoms with Gasteiger partial charge in [0.1, 0.15) is 0 Å². The standard InChI is InChI=1S/C15H15Cl2N3O/c16-13-2-1-9(7-14(13)17)10-5-12(6-10)19-15(21)8-11-3-4-18-20-11/h1-4,7,10,12H,5-6,8H2,(H,18,20)(H,19,21). The highest BCUT2D eigenvalue weighted by Gasteiger charge is 2.31. The van der Waals surface area contributed by atoms with Gasteiger partial charge >= 0.3 is 0 Å². The molecule has 110 valence electrons. The van der Waals surface area contributed by atoms with E-state index in [1.807, 2.05) is 18.2 Å². The van der Waals surface area contributed by atoms with E-state index in [1.54, 1.807) is 12.3 Å². The van der Waals surface area contributed by atoms with Crippen LogP contribution in [0, 0.1) is 0 Å². The molecule has 0 atom stereocenters. The van der Waals surface area contributed by atoms with Crippen LogP contribution in [0.3, 0.4) is 0 Å². The van der Waals surface area contributed by atoms with Gasteiger partial charge in [-0.25, -0.2) is 0 Å². The number of benzene rings is 1. The molecule has 6 heteroatoms. The molecule has 2 N–H and O–H groups in total. The van der Waals surface area contributed by atoms with Crippen molar-refractivity contribution in [2.75, 3.05) is 0 Å². The molecule has 0 radical (unpaired) electrons. The second-order valence-electron chi connectivity index (χ2n) is 5.36. The average Bonchev–Trinajstić information content (AvgIpc) is 2.89. The minimum atomic E-state index is 0.0249. The van der Waals surface area contributed by atoms with Gasteiger partial charge in [-0.15, -0.1) is 0 Å². The number of H-pyrrole nitrogens is 1. The molecule has 0 bridgehead atoms. The van der Waals surface area contributed by atoms with E-state index in [0.717, 1.165) is 18.5 Å². The average molecular weight is 324 g/mol. The lowest BCUT2D eigenvalue weighted by molar-refractivity contribution is -0.121. The number of nitrogens with zero attached hydrogens (tertiary/aromatic N) is 1. The van der Waals surface area contributed by atoms with Crippen molar-refractivity contribution >= 4 is 29.1 Å². The SMILES string of the molecule is O=C(Cc1ccn[nH]1)NC1CC(c2ccc(Cl)c(Cl)c2)C1. The summed E-state index contributed by atoms with van der Waals surface area (Å²) in [6, 6.07) is 7.78. The van der Waals surface area contributed by atoms with E-state index in [-0.39, 0.29) is 11.9 Å². The second kappa shape index (κ2) is 6.08. The Morgan fingerprint density at radius 1 is 1.29 bits per heavy atom. The summed E-state index contributed by atoms with van der Waals surface area (Å²) in [5, 5.41) is 10.8. The van der Waals surface area contributed by atoms with Gasteiger partial charge in [0.2, 0.25) is 5.91 Å². The Labute approximate surface area is 132 Å². The van der Waals surface area contributed by atoms with E-state index in [0.29, 0.717) is 22.4 Å². The molecular weight excluding hydrogens is 309 g/mol. The minimum Gasteiger partial charge on any atom is -0.353 e. The third-order valence-electron chi connectivity index (χ3n) is 3.83. The maximum atomic E-state index is 11.9. The van der Waals surface area contributed by atoms with Gasteiger partial charge in [-0.05, 0) is 42.5 Å². The van der Waals surface area contributed by atoms with Crippen LogP contribution < -0.4 is 5.32 Å². The molecule has 0 spiro atoms. The normalized spacial score (nSPS) is 20.9. The quantitative estimate of drug-likeness (QED) is 0.906. The Balaban J connectivity index is 1.49. The van der Waals surface area contributed by atoms with E-state index in [2.05, 4.69) is 15.5 Å². The van der Waals surface area contributed by atoms with Crippen LogP contribution in [0.15, 0.2) is 30.5 Å². The monoisotopic (exact) mass is 323 g/mol. The van der Waals surface area contributed by atoms with Gasteiger partial charge in [0.05, 0.1) is 16.5 Å². The lowest BCUT2D eigenvalue weighted by atomic mass is 9.76. The molecular formula is C15H15Cl2N3O. The summed E-state index contributed by atoms with van der Waals surface area (Å²) in [7, 11) is 0. The summed E-state index contributed by atoms with van der Waals surface area (Å²) in [4.78, 5) is 11.9. The van der Waals surface area contributed by atoms with Gasteiger partial charge in [-0.1, -0.05) is 29.3 Å². The maximum absolute atomic E-state index is 11.9. The zero-order valence-corrected chi connectivity index (χ0v) is 12.8. The number of aromatic amines is 1. The van der Waals surface area contributed by atoms with Crippen LogP contribution in [-0.4, -0.2) is 22.1 Å². The number of carbonyl (C=O) groups is 1. The van der Waals surface area contributed by atoms with Gasteiger partial charge in [-0.3, -0.25) is 9.89 Å². The number of aromatic nitrogens is 2. The molecule has 3 rings (SSSR count). The number of nitrogens with one attached hydrogen (secondary N) is 2. The molecule has 1 aromatic carbocycles. The van der Waals surface area contributed by atoms with E-state index in [4.69, 9.17) is 23.2 Å². The number of hydrogen-bond donors (Lipinski definition) is 2. The first kappa shape index (κ1) is 14.4. The number of hydrogen-bond acceptors (Lipinski definition) is 2. The van der Waals surface area contributed by atoms with Gasteiger partial charge in [0, 0.05) is 17.9 Å². The van der Waals surface area contributed by atoms with E-state index in [1.165, 1.54) is 5.56 Å². The summed E-state index contributed by atoms with van der Waals surface area (Å²) in [6.45, 7) is 0.